The van der Waals surface area contributed by atoms with Crippen LogP contribution in [-0.2, 0) is 14.3 Å². The number of fused-ring (bicyclic) bond motifs is 1. The largest absolute Gasteiger partial charge is 0.497 e. The molecule has 2 aromatic rings. The molecule has 1 aliphatic rings. The molecule has 0 radical (unpaired) electrons. The predicted molar refractivity (Wildman–Crippen MR) is 129 cm³/mol. The summed E-state index contributed by atoms with van der Waals surface area (Å²) in [6.45, 7) is 3.05. The van der Waals surface area contributed by atoms with Gasteiger partial charge in [-0.25, -0.2) is 0 Å². The van der Waals surface area contributed by atoms with E-state index in [0.717, 1.165) is 16.1 Å². The van der Waals surface area contributed by atoms with Crippen LogP contribution in [0.1, 0.15) is 30.6 Å². The third-order valence-corrected chi connectivity index (χ3v) is 6.77. The molecular weight excluding hydrogens is 448 g/mol. The van der Waals surface area contributed by atoms with Gasteiger partial charge in [-0.15, -0.1) is 11.8 Å². The number of carbonyl (C=O) groups is 2. The highest BCUT2D eigenvalue weighted by atomic mass is 35.5. The molecule has 2 unspecified atom stereocenters. The Kier molecular flexibility index (Phi) is 8.45. The number of carbonyl (C=O) groups excluding carboxylic acids is 2. The minimum atomic E-state index is -0.958. The van der Waals surface area contributed by atoms with Crippen LogP contribution in [0, 0.1) is 0 Å². The maximum atomic E-state index is 13.8. The summed E-state index contributed by atoms with van der Waals surface area (Å²) in [5.41, 5.74) is 1.65. The lowest BCUT2D eigenvalue weighted by molar-refractivity contribution is -0.155. The number of hydrogen-bond donors (Lipinski definition) is 0. The first-order chi connectivity index (χ1) is 15.3. The lowest BCUT2D eigenvalue weighted by Gasteiger charge is -2.28. The first kappa shape index (κ1) is 24.4. The molecule has 32 heavy (non-hydrogen) atoms. The molecular formula is C24H29ClN2O4S. The molecule has 0 spiro atoms. The average molecular weight is 477 g/mol. The Labute approximate surface area is 198 Å². The van der Waals surface area contributed by atoms with Crippen molar-refractivity contribution in [2.75, 3.05) is 39.2 Å². The fourth-order valence-corrected chi connectivity index (χ4v) is 5.08. The molecule has 1 heterocycles. The second-order valence-electron chi connectivity index (χ2n) is 7.88. The van der Waals surface area contributed by atoms with Crippen molar-refractivity contribution < 1.29 is 19.1 Å². The summed E-state index contributed by atoms with van der Waals surface area (Å²) in [7, 11) is 5.52. The molecule has 0 saturated carbocycles. The second kappa shape index (κ2) is 11.1. The van der Waals surface area contributed by atoms with Crippen molar-refractivity contribution in [1.29, 1.82) is 0 Å². The summed E-state index contributed by atoms with van der Waals surface area (Å²) < 4.78 is 11.1. The van der Waals surface area contributed by atoms with Crippen molar-refractivity contribution in [1.82, 2.24) is 4.90 Å². The van der Waals surface area contributed by atoms with Gasteiger partial charge in [-0.05, 0) is 56.4 Å². The van der Waals surface area contributed by atoms with Gasteiger partial charge in [0.15, 0.2) is 6.10 Å². The van der Waals surface area contributed by atoms with Crippen LogP contribution in [-0.4, -0.2) is 57.2 Å². The van der Waals surface area contributed by atoms with E-state index >= 15 is 0 Å². The van der Waals surface area contributed by atoms with Crippen molar-refractivity contribution in [3.8, 4) is 5.75 Å². The SMILES string of the molecule is CCCC(=O)OC1C(=O)N(CCN(C)C)c2ccc(Cl)cc2SC1c1ccc(OC)cc1. The molecule has 3 rings (SSSR count). The van der Waals surface area contributed by atoms with E-state index in [9.17, 15) is 9.59 Å². The van der Waals surface area contributed by atoms with Gasteiger partial charge in [0.2, 0.25) is 0 Å². The Morgan fingerprint density at radius 3 is 2.53 bits per heavy atom. The van der Waals surface area contributed by atoms with Gasteiger partial charge in [0, 0.05) is 29.4 Å². The van der Waals surface area contributed by atoms with E-state index < -0.39 is 11.4 Å². The number of hydrogen-bond acceptors (Lipinski definition) is 6. The first-order valence-corrected chi connectivity index (χ1v) is 11.9. The molecule has 0 N–H and O–H groups in total. The summed E-state index contributed by atoms with van der Waals surface area (Å²) in [5, 5.41) is 0.168. The standard InChI is InChI=1S/C24H29ClN2O4S/c1-5-6-21(28)31-22-23(16-7-10-18(30-4)11-8-16)32-20-15-17(25)9-12-19(20)27(24(22)29)14-13-26(2)3/h7-12,15,22-23H,5-6,13-14H2,1-4H3. The number of esters is 1. The van der Waals surface area contributed by atoms with Gasteiger partial charge in [-0.3, -0.25) is 9.59 Å². The molecule has 6 nitrogen and oxygen atoms in total. The molecule has 172 valence electrons. The first-order valence-electron chi connectivity index (χ1n) is 10.6. The Balaban J connectivity index is 2.08. The molecule has 1 aliphatic heterocycles. The number of likely N-dealkylation sites (N-methyl/N-ethyl adjacent to an activating group) is 1. The Hall–Kier alpha value is -2.22. The van der Waals surface area contributed by atoms with Crippen LogP contribution in [0.15, 0.2) is 47.4 Å². The number of rotatable bonds is 8. The minimum Gasteiger partial charge on any atom is -0.497 e. The summed E-state index contributed by atoms with van der Waals surface area (Å²) >= 11 is 7.80. The van der Waals surface area contributed by atoms with E-state index in [4.69, 9.17) is 21.1 Å². The Bertz CT molecular complexity index is 952. The fraction of sp³-hybridized carbons (Fsp3) is 0.417. The molecule has 2 atom stereocenters. The second-order valence-corrected chi connectivity index (χ2v) is 9.50. The van der Waals surface area contributed by atoms with Crippen LogP contribution in [0.4, 0.5) is 5.69 Å². The number of nitrogens with zero attached hydrogens (tertiary/aromatic N) is 2. The summed E-state index contributed by atoms with van der Waals surface area (Å²) in [5.74, 6) is 0.112. The number of methoxy groups -OCH3 is 1. The minimum absolute atomic E-state index is 0.231. The number of thioether (sulfide) groups is 1. The van der Waals surface area contributed by atoms with Crippen LogP contribution < -0.4 is 9.64 Å². The third kappa shape index (κ3) is 5.77. The van der Waals surface area contributed by atoms with Crippen molar-refractivity contribution in [3.63, 3.8) is 0 Å². The highest BCUT2D eigenvalue weighted by Crippen LogP contribution is 2.47. The lowest BCUT2D eigenvalue weighted by atomic mass is 10.1. The summed E-state index contributed by atoms with van der Waals surface area (Å²) in [6, 6.07) is 13.0. The van der Waals surface area contributed by atoms with Crippen LogP contribution in [0.2, 0.25) is 5.02 Å². The molecule has 2 aromatic carbocycles. The van der Waals surface area contributed by atoms with Gasteiger partial charge in [-0.1, -0.05) is 30.7 Å². The zero-order valence-electron chi connectivity index (χ0n) is 18.8. The molecule has 8 heteroatoms. The van der Waals surface area contributed by atoms with Gasteiger partial charge < -0.3 is 19.3 Å². The molecule has 0 aromatic heterocycles. The maximum absolute atomic E-state index is 13.8. The highest BCUT2D eigenvalue weighted by Gasteiger charge is 2.41. The Morgan fingerprint density at radius 2 is 1.91 bits per heavy atom. The summed E-state index contributed by atoms with van der Waals surface area (Å²) in [4.78, 5) is 30.9. The van der Waals surface area contributed by atoms with E-state index in [1.807, 2.05) is 62.3 Å². The molecule has 1 amide bonds. The normalized spacial score (nSPS) is 18.3. The van der Waals surface area contributed by atoms with Crippen molar-refractivity contribution >= 4 is 40.9 Å². The maximum Gasteiger partial charge on any atom is 0.306 e. The number of amides is 1. The van der Waals surface area contributed by atoms with Gasteiger partial charge in [0.25, 0.3) is 5.91 Å². The van der Waals surface area contributed by atoms with Crippen LogP contribution >= 0.6 is 23.4 Å². The Morgan fingerprint density at radius 1 is 1.19 bits per heavy atom. The van der Waals surface area contributed by atoms with Gasteiger partial charge >= 0.3 is 5.97 Å². The van der Waals surface area contributed by atoms with E-state index in [2.05, 4.69) is 0 Å². The monoisotopic (exact) mass is 476 g/mol. The van der Waals surface area contributed by atoms with E-state index in [1.54, 1.807) is 18.1 Å². The van der Waals surface area contributed by atoms with Crippen LogP contribution in [0.3, 0.4) is 0 Å². The lowest BCUT2D eigenvalue weighted by Crippen LogP contribution is -2.45. The fourth-order valence-electron chi connectivity index (χ4n) is 3.49. The van der Waals surface area contributed by atoms with Crippen LogP contribution in [0.25, 0.3) is 0 Å². The van der Waals surface area contributed by atoms with Gasteiger partial charge in [-0.2, -0.15) is 0 Å². The zero-order valence-corrected chi connectivity index (χ0v) is 20.4. The van der Waals surface area contributed by atoms with Gasteiger partial charge in [0.1, 0.15) is 5.75 Å². The third-order valence-electron chi connectivity index (χ3n) is 5.18. The number of halogens is 1. The highest BCUT2D eigenvalue weighted by molar-refractivity contribution is 7.99. The molecule has 0 saturated heterocycles. The van der Waals surface area contributed by atoms with Crippen molar-refractivity contribution in [3.05, 3.63) is 53.1 Å². The number of ether oxygens (including phenoxy) is 2. The molecule has 0 fully saturated rings. The molecule has 0 aliphatic carbocycles. The number of anilines is 1. The van der Waals surface area contributed by atoms with E-state index in [-0.39, 0.29) is 18.3 Å². The van der Waals surface area contributed by atoms with Crippen LogP contribution in [0.5, 0.6) is 5.75 Å². The van der Waals surface area contributed by atoms with E-state index in [1.165, 1.54) is 11.8 Å². The number of benzene rings is 2. The predicted octanol–water partition coefficient (Wildman–Crippen LogP) is 4.80. The smallest absolute Gasteiger partial charge is 0.306 e. The van der Waals surface area contributed by atoms with Crippen molar-refractivity contribution in [2.24, 2.45) is 0 Å². The van der Waals surface area contributed by atoms with E-state index in [0.29, 0.717) is 30.3 Å². The summed E-state index contributed by atoms with van der Waals surface area (Å²) in [6.07, 6.45) is -0.0404. The average Bonchev–Trinajstić information content (AvgIpc) is 2.87. The topological polar surface area (TPSA) is 59.1 Å². The molecule has 0 bridgehead atoms. The quantitative estimate of drug-likeness (QED) is 0.510. The van der Waals surface area contributed by atoms with Crippen molar-refractivity contribution in [2.45, 2.75) is 36.0 Å². The zero-order chi connectivity index (χ0) is 23.3. The van der Waals surface area contributed by atoms with Gasteiger partial charge in [0.05, 0.1) is 18.0 Å².